The van der Waals surface area contributed by atoms with Gasteiger partial charge in [0, 0.05) is 19.3 Å². The minimum Gasteiger partial charge on any atom is -0.381 e. The molecule has 2 atom stereocenters. The average Bonchev–Trinajstić information content (AvgIpc) is 2.23. The van der Waals surface area contributed by atoms with Gasteiger partial charge in [-0.05, 0) is 50.5 Å². The van der Waals surface area contributed by atoms with Crippen LogP contribution in [0.5, 0.6) is 0 Å². The van der Waals surface area contributed by atoms with Crippen LogP contribution in [0.2, 0.25) is 0 Å². The molecule has 2 heteroatoms. The van der Waals surface area contributed by atoms with Crippen LogP contribution in [0.3, 0.4) is 0 Å². The summed E-state index contributed by atoms with van der Waals surface area (Å²) in [6.45, 7) is 5.56. The molecular weight excluding hydrogens is 174 g/mol. The molecule has 2 aliphatic heterocycles. The van der Waals surface area contributed by atoms with Crippen molar-refractivity contribution in [2.45, 2.75) is 45.1 Å². The fourth-order valence-electron chi connectivity index (χ4n) is 2.64. The van der Waals surface area contributed by atoms with Gasteiger partial charge in [0.15, 0.2) is 0 Å². The maximum absolute atomic E-state index is 5.39. The molecule has 0 radical (unpaired) electrons. The first kappa shape index (κ1) is 10.4. The first-order chi connectivity index (χ1) is 6.84. The van der Waals surface area contributed by atoms with E-state index in [9.17, 15) is 0 Å². The molecule has 2 saturated heterocycles. The lowest BCUT2D eigenvalue weighted by atomic mass is 9.87. The molecule has 0 aliphatic carbocycles. The van der Waals surface area contributed by atoms with Gasteiger partial charge in [-0.3, -0.25) is 0 Å². The monoisotopic (exact) mass is 197 g/mol. The molecule has 2 unspecified atom stereocenters. The fraction of sp³-hybridized carbons (Fsp3) is 1.00. The van der Waals surface area contributed by atoms with E-state index in [1.165, 1.54) is 38.6 Å². The lowest BCUT2D eigenvalue weighted by Gasteiger charge is -2.32. The highest BCUT2D eigenvalue weighted by molar-refractivity contribution is 4.79. The number of hydrogen-bond donors (Lipinski definition) is 1. The van der Waals surface area contributed by atoms with Gasteiger partial charge in [-0.1, -0.05) is 6.92 Å². The smallest absolute Gasteiger partial charge is 0.0468 e. The highest BCUT2D eigenvalue weighted by atomic mass is 16.5. The van der Waals surface area contributed by atoms with Crippen molar-refractivity contribution in [2.75, 3.05) is 19.8 Å². The zero-order chi connectivity index (χ0) is 9.80. The van der Waals surface area contributed by atoms with E-state index in [0.29, 0.717) is 0 Å². The van der Waals surface area contributed by atoms with Crippen molar-refractivity contribution in [3.8, 4) is 0 Å². The minimum atomic E-state index is 0.800. The third-order valence-electron chi connectivity index (χ3n) is 3.72. The molecule has 0 aromatic carbocycles. The Balaban J connectivity index is 1.68. The van der Waals surface area contributed by atoms with Crippen molar-refractivity contribution in [1.29, 1.82) is 0 Å². The van der Waals surface area contributed by atoms with E-state index in [2.05, 4.69) is 12.2 Å². The molecule has 2 fully saturated rings. The molecule has 2 rings (SSSR count). The van der Waals surface area contributed by atoms with Crippen LogP contribution >= 0.6 is 0 Å². The second kappa shape index (κ2) is 5.13. The predicted octanol–water partition coefficient (Wildman–Crippen LogP) is 2.19. The highest BCUT2D eigenvalue weighted by Gasteiger charge is 2.22. The molecule has 1 N–H and O–H groups in total. The molecule has 0 saturated carbocycles. The predicted molar refractivity (Wildman–Crippen MR) is 58.3 cm³/mol. The molecule has 82 valence electrons. The standard InChI is InChI=1S/C12H23NO/c1-10-2-3-12(13-9-10)8-11-4-6-14-7-5-11/h10-13H,2-9H2,1H3. The molecule has 0 aromatic rings. The Kier molecular flexibility index (Phi) is 3.82. The Hall–Kier alpha value is -0.0800. The molecule has 14 heavy (non-hydrogen) atoms. The quantitative estimate of drug-likeness (QED) is 0.732. The van der Waals surface area contributed by atoms with Gasteiger partial charge in [-0.2, -0.15) is 0 Å². The number of hydrogen-bond acceptors (Lipinski definition) is 2. The van der Waals surface area contributed by atoms with Gasteiger partial charge < -0.3 is 10.1 Å². The van der Waals surface area contributed by atoms with Gasteiger partial charge in [0.05, 0.1) is 0 Å². The van der Waals surface area contributed by atoms with Crippen LogP contribution in [-0.2, 0) is 4.74 Å². The van der Waals surface area contributed by atoms with E-state index >= 15 is 0 Å². The van der Waals surface area contributed by atoms with E-state index < -0.39 is 0 Å². The normalized spacial score (nSPS) is 35.8. The van der Waals surface area contributed by atoms with Crippen molar-refractivity contribution in [3.63, 3.8) is 0 Å². The largest absolute Gasteiger partial charge is 0.381 e. The molecule has 0 aromatic heterocycles. The minimum absolute atomic E-state index is 0.800. The van der Waals surface area contributed by atoms with E-state index in [0.717, 1.165) is 31.1 Å². The van der Waals surface area contributed by atoms with Gasteiger partial charge >= 0.3 is 0 Å². The summed E-state index contributed by atoms with van der Waals surface area (Å²) in [5.74, 6) is 1.82. The third-order valence-corrected chi connectivity index (χ3v) is 3.72. The number of nitrogens with one attached hydrogen (secondary N) is 1. The third kappa shape index (κ3) is 2.96. The summed E-state index contributed by atoms with van der Waals surface area (Å²) in [5.41, 5.74) is 0. The lowest BCUT2D eigenvalue weighted by molar-refractivity contribution is 0.0588. The summed E-state index contributed by atoms with van der Waals surface area (Å²) in [7, 11) is 0. The summed E-state index contributed by atoms with van der Waals surface area (Å²) in [4.78, 5) is 0. The Bertz CT molecular complexity index is 158. The second-order valence-electron chi connectivity index (χ2n) is 5.08. The van der Waals surface area contributed by atoms with Crippen LogP contribution < -0.4 is 5.32 Å². The number of piperidine rings is 1. The van der Waals surface area contributed by atoms with Crippen LogP contribution in [-0.4, -0.2) is 25.8 Å². The van der Waals surface area contributed by atoms with Gasteiger partial charge in [0.25, 0.3) is 0 Å². The first-order valence-electron chi connectivity index (χ1n) is 6.15. The Morgan fingerprint density at radius 2 is 1.93 bits per heavy atom. The average molecular weight is 197 g/mol. The van der Waals surface area contributed by atoms with E-state index in [1.54, 1.807) is 0 Å². The zero-order valence-corrected chi connectivity index (χ0v) is 9.30. The Labute approximate surface area is 87.4 Å². The maximum atomic E-state index is 5.39. The topological polar surface area (TPSA) is 21.3 Å². The van der Waals surface area contributed by atoms with Crippen LogP contribution in [0.4, 0.5) is 0 Å². The van der Waals surface area contributed by atoms with Crippen molar-refractivity contribution in [1.82, 2.24) is 5.32 Å². The molecule has 0 amide bonds. The van der Waals surface area contributed by atoms with Crippen LogP contribution in [0.1, 0.15) is 39.0 Å². The van der Waals surface area contributed by atoms with Crippen molar-refractivity contribution >= 4 is 0 Å². The lowest BCUT2D eigenvalue weighted by Crippen LogP contribution is -2.39. The van der Waals surface area contributed by atoms with Crippen molar-refractivity contribution in [3.05, 3.63) is 0 Å². The van der Waals surface area contributed by atoms with Crippen molar-refractivity contribution < 1.29 is 4.74 Å². The molecule has 0 bridgehead atoms. The van der Waals surface area contributed by atoms with Crippen LogP contribution in [0.25, 0.3) is 0 Å². The Morgan fingerprint density at radius 1 is 1.14 bits per heavy atom. The number of ether oxygens (including phenoxy) is 1. The summed E-state index contributed by atoms with van der Waals surface area (Å²) < 4.78 is 5.39. The fourth-order valence-corrected chi connectivity index (χ4v) is 2.64. The summed E-state index contributed by atoms with van der Waals surface area (Å²) >= 11 is 0. The van der Waals surface area contributed by atoms with E-state index in [-0.39, 0.29) is 0 Å². The van der Waals surface area contributed by atoms with E-state index in [1.807, 2.05) is 0 Å². The zero-order valence-electron chi connectivity index (χ0n) is 9.30. The first-order valence-corrected chi connectivity index (χ1v) is 6.15. The molecule has 0 spiro atoms. The van der Waals surface area contributed by atoms with Crippen molar-refractivity contribution in [2.24, 2.45) is 11.8 Å². The molecule has 2 aliphatic rings. The van der Waals surface area contributed by atoms with Gasteiger partial charge in [-0.25, -0.2) is 0 Å². The van der Waals surface area contributed by atoms with Crippen LogP contribution in [0.15, 0.2) is 0 Å². The Morgan fingerprint density at radius 3 is 2.57 bits per heavy atom. The maximum Gasteiger partial charge on any atom is 0.0468 e. The SMILES string of the molecule is CC1CCC(CC2CCOCC2)NC1. The molecule has 2 heterocycles. The molecule has 2 nitrogen and oxygen atoms in total. The summed E-state index contributed by atoms with van der Waals surface area (Å²) in [5, 5.41) is 3.68. The van der Waals surface area contributed by atoms with Crippen LogP contribution in [0, 0.1) is 11.8 Å². The summed E-state index contributed by atoms with van der Waals surface area (Å²) in [6.07, 6.45) is 6.76. The number of rotatable bonds is 2. The molecular formula is C12H23NO. The van der Waals surface area contributed by atoms with Gasteiger partial charge in [0.1, 0.15) is 0 Å². The van der Waals surface area contributed by atoms with Gasteiger partial charge in [0.2, 0.25) is 0 Å². The summed E-state index contributed by atoms with van der Waals surface area (Å²) in [6, 6.07) is 0.800. The van der Waals surface area contributed by atoms with E-state index in [4.69, 9.17) is 4.74 Å². The second-order valence-corrected chi connectivity index (χ2v) is 5.08. The van der Waals surface area contributed by atoms with Gasteiger partial charge in [-0.15, -0.1) is 0 Å². The highest BCUT2D eigenvalue weighted by Crippen LogP contribution is 2.24.